The van der Waals surface area contributed by atoms with Gasteiger partial charge in [0.2, 0.25) is 0 Å². The number of halogens is 2. The van der Waals surface area contributed by atoms with Gasteiger partial charge in [0, 0.05) is 6.54 Å². The number of rotatable bonds is 6. The van der Waals surface area contributed by atoms with Gasteiger partial charge in [-0.05, 0) is 52.7 Å². The summed E-state index contributed by atoms with van der Waals surface area (Å²) in [5.41, 5.74) is 4.32. The largest absolute Gasteiger partial charge is 0.349 e. The minimum absolute atomic E-state index is 0.168. The maximum absolute atomic E-state index is 13.1. The molecule has 0 aliphatic rings. The monoisotopic (exact) mass is 492 g/mol. The fourth-order valence-electron chi connectivity index (χ4n) is 3.65. The van der Waals surface area contributed by atoms with Gasteiger partial charge in [0.15, 0.2) is 0 Å². The van der Waals surface area contributed by atoms with Gasteiger partial charge in [0.1, 0.15) is 23.4 Å². The van der Waals surface area contributed by atoms with Gasteiger partial charge in [-0.3, -0.25) is 4.79 Å². The quantitative estimate of drug-likeness (QED) is 0.383. The lowest BCUT2D eigenvalue weighted by Gasteiger charge is -2.18. The van der Waals surface area contributed by atoms with E-state index in [1.54, 1.807) is 16.9 Å². The van der Waals surface area contributed by atoms with Crippen molar-refractivity contribution in [2.75, 3.05) is 6.54 Å². The summed E-state index contributed by atoms with van der Waals surface area (Å²) in [6, 6.07) is 18.5. The highest BCUT2D eigenvalue weighted by atomic mass is 35.5. The molecule has 1 atom stereocenters. The molecule has 0 aliphatic carbocycles. The van der Waals surface area contributed by atoms with Gasteiger partial charge >= 0.3 is 0 Å². The lowest BCUT2D eigenvalue weighted by Crippen LogP contribution is -2.32. The Morgan fingerprint density at radius 3 is 2.44 bits per heavy atom. The first kappa shape index (κ1) is 22.0. The van der Waals surface area contributed by atoms with Crippen molar-refractivity contribution in [3.63, 3.8) is 0 Å². The summed E-state index contributed by atoms with van der Waals surface area (Å²) >= 11 is 12.8. The molecule has 11 heteroatoms. The van der Waals surface area contributed by atoms with E-state index in [1.165, 1.54) is 11.0 Å². The Labute approximate surface area is 204 Å². The molecule has 9 nitrogen and oxygen atoms in total. The molecule has 0 saturated carbocycles. The molecule has 2 heterocycles. The first-order valence-electron chi connectivity index (χ1n) is 10.4. The maximum Gasteiger partial charge on any atom is 0.254 e. The number of aromatic nitrogens is 7. The van der Waals surface area contributed by atoms with Gasteiger partial charge in [0.05, 0.1) is 21.3 Å². The molecule has 2 aromatic heterocycles. The van der Waals surface area contributed by atoms with Crippen molar-refractivity contribution >= 4 is 40.1 Å². The van der Waals surface area contributed by atoms with E-state index in [4.69, 9.17) is 23.2 Å². The Morgan fingerprint density at radius 1 is 1.00 bits per heavy atom. The smallest absolute Gasteiger partial charge is 0.254 e. The molecule has 0 bridgehead atoms. The third kappa shape index (κ3) is 4.35. The average molecular weight is 493 g/mol. The molecule has 0 aliphatic heterocycles. The zero-order valence-corrected chi connectivity index (χ0v) is 19.4. The Morgan fingerprint density at radius 2 is 1.74 bits per heavy atom. The number of hydrogen-bond acceptors (Lipinski definition) is 6. The van der Waals surface area contributed by atoms with Crippen LogP contribution in [0.2, 0.25) is 10.0 Å². The minimum atomic E-state index is -0.410. The highest BCUT2D eigenvalue weighted by Crippen LogP contribution is 2.28. The lowest BCUT2D eigenvalue weighted by molar-refractivity contribution is 0.0949. The zero-order valence-electron chi connectivity index (χ0n) is 17.9. The molecule has 0 spiro atoms. The van der Waals surface area contributed by atoms with Crippen LogP contribution in [0.4, 0.5) is 0 Å². The van der Waals surface area contributed by atoms with Crippen molar-refractivity contribution in [2.24, 2.45) is 0 Å². The van der Waals surface area contributed by atoms with Crippen LogP contribution in [-0.2, 0) is 0 Å². The number of aryl methyl sites for hydroxylation is 1. The van der Waals surface area contributed by atoms with Gasteiger partial charge in [-0.15, -0.1) is 5.10 Å². The Kier molecular flexibility index (Phi) is 5.95. The second-order valence-electron chi connectivity index (χ2n) is 7.69. The maximum atomic E-state index is 13.1. The molecule has 0 radical (unpaired) electrons. The lowest BCUT2D eigenvalue weighted by atomic mass is 10.1. The van der Waals surface area contributed by atoms with Crippen LogP contribution in [0.3, 0.4) is 0 Å². The number of nitrogens with zero attached hydrogens (tertiary/aromatic N) is 7. The Hall–Kier alpha value is -3.82. The van der Waals surface area contributed by atoms with E-state index in [0.29, 0.717) is 5.69 Å². The number of amides is 1. The van der Waals surface area contributed by atoms with Crippen LogP contribution in [0.15, 0.2) is 67.0 Å². The summed E-state index contributed by atoms with van der Waals surface area (Å²) in [5, 5.41) is 23.6. The van der Waals surface area contributed by atoms with Crippen LogP contribution < -0.4 is 5.32 Å². The van der Waals surface area contributed by atoms with Crippen LogP contribution in [-0.4, -0.2) is 47.7 Å². The molecule has 170 valence electrons. The van der Waals surface area contributed by atoms with Gasteiger partial charge in [-0.25, -0.2) is 4.68 Å². The summed E-state index contributed by atoms with van der Waals surface area (Å²) in [4.78, 5) is 14.7. The summed E-state index contributed by atoms with van der Waals surface area (Å²) < 4.78 is 1.40. The van der Waals surface area contributed by atoms with Crippen LogP contribution in [0, 0.1) is 6.92 Å². The standard InChI is InChI=1S/C23H18Cl2N8O/c1-14-7-8-19-20(9-14)29-33(28-19)21(15-5-3-2-4-6-15)12-26-23(34)22-17(24)10-16(11-18(22)25)32-13-27-30-31-32/h2-11,13,21H,12H2,1H3,(H,26,34). The van der Waals surface area contributed by atoms with E-state index in [0.717, 1.165) is 22.2 Å². The van der Waals surface area contributed by atoms with Crippen molar-refractivity contribution in [1.82, 2.24) is 40.5 Å². The van der Waals surface area contributed by atoms with Crippen LogP contribution in [0.5, 0.6) is 0 Å². The zero-order chi connectivity index (χ0) is 23.7. The number of carbonyl (C=O) groups excluding carboxylic acids is 1. The molecule has 5 rings (SSSR count). The van der Waals surface area contributed by atoms with Gasteiger partial charge in [-0.2, -0.15) is 15.0 Å². The highest BCUT2D eigenvalue weighted by Gasteiger charge is 2.22. The van der Waals surface area contributed by atoms with Gasteiger partial charge in [0.25, 0.3) is 5.91 Å². The first-order chi connectivity index (χ1) is 16.5. The van der Waals surface area contributed by atoms with E-state index >= 15 is 0 Å². The third-order valence-corrected chi connectivity index (χ3v) is 5.93. The second kappa shape index (κ2) is 9.20. The molecular weight excluding hydrogens is 475 g/mol. The average Bonchev–Trinajstić information content (AvgIpc) is 3.49. The van der Waals surface area contributed by atoms with Crippen molar-refractivity contribution in [3.05, 3.63) is 93.7 Å². The molecule has 1 N–H and O–H groups in total. The molecule has 1 amide bonds. The molecule has 5 aromatic rings. The summed E-state index contributed by atoms with van der Waals surface area (Å²) in [6.07, 6.45) is 1.41. The predicted molar refractivity (Wildman–Crippen MR) is 128 cm³/mol. The van der Waals surface area contributed by atoms with E-state index in [1.807, 2.05) is 55.5 Å². The number of fused-ring (bicyclic) bond motifs is 1. The summed E-state index contributed by atoms with van der Waals surface area (Å²) in [6.45, 7) is 2.23. The summed E-state index contributed by atoms with van der Waals surface area (Å²) in [7, 11) is 0. The van der Waals surface area contributed by atoms with E-state index in [2.05, 4.69) is 31.0 Å². The molecule has 1 unspecified atom stereocenters. The fraction of sp³-hybridized carbons (Fsp3) is 0.130. The third-order valence-electron chi connectivity index (χ3n) is 5.34. The van der Waals surface area contributed by atoms with Crippen molar-refractivity contribution < 1.29 is 4.79 Å². The van der Waals surface area contributed by atoms with Crippen molar-refractivity contribution in [2.45, 2.75) is 13.0 Å². The van der Waals surface area contributed by atoms with Crippen molar-refractivity contribution in [1.29, 1.82) is 0 Å². The first-order valence-corrected chi connectivity index (χ1v) is 11.1. The van der Waals surface area contributed by atoms with Crippen LogP contribution in [0.1, 0.15) is 27.5 Å². The Balaban J connectivity index is 1.43. The van der Waals surface area contributed by atoms with Gasteiger partial charge in [-0.1, -0.05) is 59.6 Å². The number of nitrogens with one attached hydrogen (secondary N) is 1. The normalized spacial score (nSPS) is 12.1. The topological polar surface area (TPSA) is 103 Å². The van der Waals surface area contributed by atoms with Crippen LogP contribution >= 0.6 is 23.2 Å². The number of carbonyl (C=O) groups is 1. The SMILES string of the molecule is Cc1ccc2nn(C(CNC(=O)c3c(Cl)cc(-n4cnnn4)cc3Cl)c3ccccc3)nc2c1. The minimum Gasteiger partial charge on any atom is -0.349 e. The number of tetrazole rings is 1. The van der Waals surface area contributed by atoms with Gasteiger partial charge < -0.3 is 5.32 Å². The van der Waals surface area contributed by atoms with E-state index < -0.39 is 5.91 Å². The molecule has 3 aromatic carbocycles. The highest BCUT2D eigenvalue weighted by molar-refractivity contribution is 6.40. The van der Waals surface area contributed by atoms with E-state index in [9.17, 15) is 4.79 Å². The van der Waals surface area contributed by atoms with E-state index in [-0.39, 0.29) is 28.2 Å². The Bertz CT molecular complexity index is 1440. The molecule has 34 heavy (non-hydrogen) atoms. The molecule has 0 saturated heterocycles. The number of benzene rings is 3. The van der Waals surface area contributed by atoms with Crippen LogP contribution in [0.25, 0.3) is 16.7 Å². The number of hydrogen-bond donors (Lipinski definition) is 1. The molecule has 0 fully saturated rings. The van der Waals surface area contributed by atoms with Crippen molar-refractivity contribution in [3.8, 4) is 5.69 Å². The second-order valence-corrected chi connectivity index (χ2v) is 8.50. The molecular formula is C23H18Cl2N8O. The fourth-order valence-corrected chi connectivity index (χ4v) is 4.30. The predicted octanol–water partition coefficient (Wildman–Crippen LogP) is 4.04. The summed E-state index contributed by atoms with van der Waals surface area (Å²) in [5.74, 6) is -0.410.